The van der Waals surface area contributed by atoms with Crippen molar-refractivity contribution in [2.45, 2.75) is 30.8 Å². The summed E-state index contributed by atoms with van der Waals surface area (Å²) >= 11 is 0. The molecule has 2 fully saturated rings. The third kappa shape index (κ3) is 4.35. The van der Waals surface area contributed by atoms with Gasteiger partial charge in [0.15, 0.2) is 0 Å². The average molecular weight is 511 g/mol. The van der Waals surface area contributed by atoms with E-state index in [2.05, 4.69) is 54.3 Å². The molecule has 6 rings (SSSR count). The van der Waals surface area contributed by atoms with Crippen molar-refractivity contribution in [2.24, 2.45) is 0 Å². The van der Waals surface area contributed by atoms with E-state index in [1.165, 1.54) is 0 Å². The molecule has 4 aromatic rings. The van der Waals surface area contributed by atoms with E-state index >= 15 is 0 Å². The molecular weight excluding hydrogens is 480 g/mol. The molecule has 0 spiro atoms. The third-order valence-electron chi connectivity index (χ3n) is 7.86. The van der Waals surface area contributed by atoms with Crippen LogP contribution in [0.15, 0.2) is 61.3 Å². The number of carbonyl (C=O) groups excluding carboxylic acids is 1. The van der Waals surface area contributed by atoms with Crippen LogP contribution in [-0.2, 0) is 5.54 Å². The van der Waals surface area contributed by atoms with Gasteiger partial charge >= 0.3 is 6.03 Å². The van der Waals surface area contributed by atoms with Gasteiger partial charge in [0.1, 0.15) is 17.7 Å². The van der Waals surface area contributed by atoms with Crippen LogP contribution in [0.2, 0.25) is 0 Å². The van der Waals surface area contributed by atoms with E-state index in [0.29, 0.717) is 31.3 Å². The fourth-order valence-electron chi connectivity index (χ4n) is 5.75. The second kappa shape index (κ2) is 9.84. The largest absolute Gasteiger partial charge is 0.497 e. The minimum atomic E-state index is -0.252. The average Bonchev–Trinajstić information content (AvgIpc) is 3.61. The molecule has 10 nitrogen and oxygen atoms in total. The zero-order valence-electron chi connectivity index (χ0n) is 21.3. The standard InChI is InChI=1S/C28H30N8O2/c1-38-23-4-2-3-21(15-23)33-27(37)34-12-7-22(8-13-34)35-17-28(18-35,9-10-29)36-14-6-20(16-36)25-24-5-11-30-26(24)32-19-31-25/h2-6,11,14-16,19,22H,7-9,12-13,17-18H2,1H3,(H,33,37)(H,30,31,32). The quantitative estimate of drug-likeness (QED) is 0.404. The predicted octanol–water partition coefficient (Wildman–Crippen LogP) is 4.06. The molecule has 1 aromatic carbocycles. The molecular formula is C28H30N8O2. The maximum Gasteiger partial charge on any atom is 0.321 e. The van der Waals surface area contributed by atoms with Crippen molar-refractivity contribution < 1.29 is 9.53 Å². The van der Waals surface area contributed by atoms with E-state index in [0.717, 1.165) is 53.9 Å². The van der Waals surface area contributed by atoms with E-state index in [-0.39, 0.29) is 11.6 Å². The molecule has 10 heteroatoms. The zero-order chi connectivity index (χ0) is 26.1. The second-order valence-corrected chi connectivity index (χ2v) is 10.1. The highest BCUT2D eigenvalue weighted by Gasteiger charge is 2.47. The molecule has 0 unspecified atom stereocenters. The molecule has 0 bridgehead atoms. The number of H-pyrrole nitrogens is 1. The summed E-state index contributed by atoms with van der Waals surface area (Å²) in [5.74, 6) is 0.713. The molecule has 0 aliphatic carbocycles. The molecule has 0 saturated carbocycles. The van der Waals surface area contributed by atoms with Gasteiger partial charge in [-0.2, -0.15) is 5.26 Å². The number of nitrogens with one attached hydrogen (secondary N) is 2. The number of anilines is 1. The number of likely N-dealkylation sites (tertiary alicyclic amines) is 2. The van der Waals surface area contributed by atoms with Crippen LogP contribution >= 0.6 is 0 Å². The maximum atomic E-state index is 12.8. The van der Waals surface area contributed by atoms with Crippen LogP contribution in [0.5, 0.6) is 5.75 Å². The highest BCUT2D eigenvalue weighted by molar-refractivity contribution is 5.90. The highest BCUT2D eigenvalue weighted by Crippen LogP contribution is 2.38. The summed E-state index contributed by atoms with van der Waals surface area (Å²) in [7, 11) is 1.61. The highest BCUT2D eigenvalue weighted by atomic mass is 16.5. The van der Waals surface area contributed by atoms with Crippen molar-refractivity contribution >= 4 is 22.8 Å². The number of rotatable bonds is 6. The number of amides is 2. The number of aromatic amines is 1. The Morgan fingerprint density at radius 2 is 2.08 bits per heavy atom. The Balaban J connectivity index is 1.08. The van der Waals surface area contributed by atoms with Crippen molar-refractivity contribution in [1.29, 1.82) is 5.26 Å². The van der Waals surface area contributed by atoms with Crippen molar-refractivity contribution in [3.63, 3.8) is 0 Å². The molecule has 0 radical (unpaired) electrons. The van der Waals surface area contributed by atoms with E-state index in [9.17, 15) is 10.1 Å². The lowest BCUT2D eigenvalue weighted by Crippen LogP contribution is -2.66. The van der Waals surface area contributed by atoms with Gasteiger partial charge in [0.2, 0.25) is 0 Å². The maximum absolute atomic E-state index is 12.8. The fourth-order valence-corrected chi connectivity index (χ4v) is 5.75. The summed E-state index contributed by atoms with van der Waals surface area (Å²) in [5, 5.41) is 13.6. The molecule has 38 heavy (non-hydrogen) atoms. The summed E-state index contributed by atoms with van der Waals surface area (Å²) in [5.41, 5.74) is 3.19. The number of benzene rings is 1. The molecule has 2 aliphatic heterocycles. The number of methoxy groups -OCH3 is 1. The van der Waals surface area contributed by atoms with Gasteiger partial charge in [-0.05, 0) is 37.1 Å². The first kappa shape index (κ1) is 24.0. The molecule has 2 N–H and O–H groups in total. The Bertz CT molecular complexity index is 1490. The first-order valence-electron chi connectivity index (χ1n) is 12.9. The number of ether oxygens (including phenoxy) is 1. The van der Waals surface area contributed by atoms with Crippen LogP contribution in [0, 0.1) is 11.3 Å². The Morgan fingerprint density at radius 1 is 1.24 bits per heavy atom. The van der Waals surface area contributed by atoms with E-state index in [1.807, 2.05) is 41.4 Å². The molecule has 2 saturated heterocycles. The predicted molar refractivity (Wildman–Crippen MR) is 144 cm³/mol. The number of carbonyl (C=O) groups is 1. The molecule has 2 aliphatic rings. The number of urea groups is 1. The Kier molecular flexibility index (Phi) is 6.21. The van der Waals surface area contributed by atoms with Gasteiger partial charge in [-0.3, -0.25) is 4.90 Å². The fraction of sp³-hybridized carbons (Fsp3) is 0.357. The van der Waals surface area contributed by atoms with Crippen molar-refractivity contribution in [2.75, 3.05) is 38.6 Å². The van der Waals surface area contributed by atoms with E-state index < -0.39 is 0 Å². The van der Waals surface area contributed by atoms with Crippen LogP contribution in [0.1, 0.15) is 19.3 Å². The van der Waals surface area contributed by atoms with Gasteiger partial charge in [-0.1, -0.05) is 6.07 Å². The van der Waals surface area contributed by atoms with Gasteiger partial charge in [-0.15, -0.1) is 0 Å². The number of piperidine rings is 1. The van der Waals surface area contributed by atoms with Crippen LogP contribution in [-0.4, -0.2) is 74.7 Å². The van der Waals surface area contributed by atoms with E-state index in [1.54, 1.807) is 13.4 Å². The van der Waals surface area contributed by atoms with Crippen molar-refractivity contribution in [3.05, 3.63) is 61.3 Å². The minimum Gasteiger partial charge on any atom is -0.497 e. The van der Waals surface area contributed by atoms with Gasteiger partial charge in [0.25, 0.3) is 0 Å². The summed E-state index contributed by atoms with van der Waals surface area (Å²) in [6, 6.07) is 14.2. The molecule has 2 amide bonds. The van der Waals surface area contributed by atoms with Gasteiger partial charge in [-0.25, -0.2) is 14.8 Å². The smallest absolute Gasteiger partial charge is 0.321 e. The summed E-state index contributed by atoms with van der Waals surface area (Å²) < 4.78 is 7.44. The number of fused-ring (bicyclic) bond motifs is 1. The number of nitriles is 1. The lowest BCUT2D eigenvalue weighted by molar-refractivity contribution is -0.0332. The van der Waals surface area contributed by atoms with Gasteiger partial charge in [0, 0.05) is 73.5 Å². The number of nitrogens with zero attached hydrogens (tertiary/aromatic N) is 6. The third-order valence-corrected chi connectivity index (χ3v) is 7.86. The second-order valence-electron chi connectivity index (χ2n) is 10.1. The number of aromatic nitrogens is 4. The normalized spacial score (nSPS) is 17.6. The number of hydrogen-bond donors (Lipinski definition) is 2. The lowest BCUT2D eigenvalue weighted by Gasteiger charge is -2.54. The molecule has 5 heterocycles. The van der Waals surface area contributed by atoms with Crippen LogP contribution < -0.4 is 10.1 Å². The Hall–Kier alpha value is -4.36. The topological polar surface area (TPSA) is 115 Å². The van der Waals surface area contributed by atoms with E-state index in [4.69, 9.17) is 4.74 Å². The van der Waals surface area contributed by atoms with Crippen LogP contribution in [0.3, 0.4) is 0 Å². The van der Waals surface area contributed by atoms with Crippen LogP contribution in [0.4, 0.5) is 10.5 Å². The van der Waals surface area contributed by atoms with Gasteiger partial charge < -0.3 is 24.5 Å². The monoisotopic (exact) mass is 510 g/mol. The SMILES string of the molecule is COc1cccc(NC(=O)N2CCC(N3CC(CC#N)(n4ccc(-c5ncnc6[nH]ccc56)c4)C3)CC2)c1. The summed E-state index contributed by atoms with van der Waals surface area (Å²) in [4.78, 5) is 29.1. The first-order chi connectivity index (χ1) is 18.6. The molecule has 3 aromatic heterocycles. The summed E-state index contributed by atoms with van der Waals surface area (Å²) in [6.07, 6.45) is 9.89. The van der Waals surface area contributed by atoms with Gasteiger partial charge in [0.05, 0.1) is 30.8 Å². The minimum absolute atomic E-state index is 0.0831. The lowest BCUT2D eigenvalue weighted by atomic mass is 9.83. The Labute approximate surface area is 220 Å². The first-order valence-corrected chi connectivity index (χ1v) is 12.9. The van der Waals surface area contributed by atoms with Crippen molar-refractivity contribution in [1.82, 2.24) is 29.3 Å². The zero-order valence-corrected chi connectivity index (χ0v) is 21.3. The molecule has 0 atom stereocenters. The van der Waals surface area contributed by atoms with Crippen LogP contribution in [0.25, 0.3) is 22.3 Å². The Morgan fingerprint density at radius 3 is 2.87 bits per heavy atom. The van der Waals surface area contributed by atoms with Crippen molar-refractivity contribution in [3.8, 4) is 23.1 Å². The summed E-state index contributed by atoms with van der Waals surface area (Å²) in [6.45, 7) is 3.05. The molecule has 194 valence electrons. The number of hydrogen-bond acceptors (Lipinski definition) is 6.